The minimum atomic E-state index is -0.307. The van der Waals surface area contributed by atoms with Gasteiger partial charge in [0.2, 0.25) is 5.91 Å². The van der Waals surface area contributed by atoms with Crippen LogP contribution >= 0.6 is 11.8 Å². The number of nitrogens with zero attached hydrogens (tertiary/aromatic N) is 4. The summed E-state index contributed by atoms with van der Waals surface area (Å²) in [4.78, 5) is 24.7. The maximum atomic E-state index is 11.8. The first kappa shape index (κ1) is 23.0. The van der Waals surface area contributed by atoms with Gasteiger partial charge < -0.3 is 5.32 Å². The first-order chi connectivity index (χ1) is 15.8. The first-order valence-corrected chi connectivity index (χ1v) is 12.1. The van der Waals surface area contributed by atoms with Gasteiger partial charge in [-0.1, -0.05) is 87.1 Å². The summed E-state index contributed by atoms with van der Waals surface area (Å²) >= 11 is 1.59. The molecule has 3 amide bonds. The highest BCUT2D eigenvalue weighted by molar-refractivity contribution is 7.99. The second-order valence-corrected chi connectivity index (χ2v) is 10.2. The Labute approximate surface area is 198 Å². The zero-order valence-electron chi connectivity index (χ0n) is 19.2. The Kier molecular flexibility index (Phi) is 6.83. The van der Waals surface area contributed by atoms with E-state index in [1.54, 1.807) is 11.8 Å². The SMILES string of the molecule is CC(C)(C)c1ccc(-c2nnc(SCCCN3C(=O)CNC3=O)n2Cc2ccccc2)cc1. The molecule has 8 heteroatoms. The van der Waals surface area contributed by atoms with Crippen molar-refractivity contribution in [3.05, 3.63) is 65.7 Å². The van der Waals surface area contributed by atoms with Crippen molar-refractivity contribution in [3.63, 3.8) is 0 Å². The standard InChI is InChI=1S/C25H29N5O2S/c1-25(2,3)20-12-10-19(11-13-20)22-27-28-24(30(22)17-18-8-5-4-6-9-18)33-15-7-14-29-21(31)16-26-23(29)32/h4-6,8-13H,7,14-17H2,1-3H3,(H,26,32). The molecular formula is C25H29N5O2S. The van der Waals surface area contributed by atoms with E-state index in [9.17, 15) is 9.59 Å². The molecule has 1 aliphatic rings. The molecule has 2 aromatic carbocycles. The van der Waals surface area contributed by atoms with E-state index in [1.165, 1.54) is 16.0 Å². The Morgan fingerprint density at radius 1 is 1.00 bits per heavy atom. The summed E-state index contributed by atoms with van der Waals surface area (Å²) in [6.07, 6.45) is 0.692. The van der Waals surface area contributed by atoms with Gasteiger partial charge in [-0.2, -0.15) is 0 Å². The van der Waals surface area contributed by atoms with Gasteiger partial charge in [0.05, 0.1) is 13.1 Å². The molecule has 0 unspecified atom stereocenters. The van der Waals surface area contributed by atoms with Crippen molar-refractivity contribution >= 4 is 23.7 Å². The van der Waals surface area contributed by atoms with Crippen molar-refractivity contribution in [2.75, 3.05) is 18.8 Å². The Bertz CT molecular complexity index is 1100. The van der Waals surface area contributed by atoms with Crippen molar-refractivity contribution < 1.29 is 9.59 Å². The number of amides is 3. The van der Waals surface area contributed by atoms with E-state index in [0.717, 1.165) is 22.3 Å². The maximum Gasteiger partial charge on any atom is 0.324 e. The minimum Gasteiger partial charge on any atom is -0.329 e. The summed E-state index contributed by atoms with van der Waals surface area (Å²) < 4.78 is 2.14. The van der Waals surface area contributed by atoms with Gasteiger partial charge >= 0.3 is 6.03 Å². The molecule has 3 aromatic rings. The van der Waals surface area contributed by atoms with Crippen molar-refractivity contribution in [1.82, 2.24) is 25.0 Å². The Hall–Kier alpha value is -3.13. The van der Waals surface area contributed by atoms with E-state index in [4.69, 9.17) is 0 Å². The topological polar surface area (TPSA) is 80.1 Å². The van der Waals surface area contributed by atoms with Crippen LogP contribution in [0.2, 0.25) is 0 Å². The normalized spacial score (nSPS) is 14.1. The molecule has 1 aliphatic heterocycles. The molecule has 0 atom stereocenters. The highest BCUT2D eigenvalue weighted by Gasteiger charge is 2.27. The quantitative estimate of drug-likeness (QED) is 0.306. The van der Waals surface area contributed by atoms with E-state index < -0.39 is 0 Å². The average molecular weight is 464 g/mol. The second-order valence-electron chi connectivity index (χ2n) is 9.11. The van der Waals surface area contributed by atoms with E-state index in [0.29, 0.717) is 19.5 Å². The van der Waals surface area contributed by atoms with E-state index in [2.05, 4.69) is 77.3 Å². The monoisotopic (exact) mass is 463 g/mol. The lowest BCUT2D eigenvalue weighted by atomic mass is 9.87. The molecule has 172 valence electrons. The van der Waals surface area contributed by atoms with Gasteiger partial charge in [0.25, 0.3) is 0 Å². The van der Waals surface area contributed by atoms with Crippen LogP contribution in [0.25, 0.3) is 11.4 Å². The maximum absolute atomic E-state index is 11.8. The van der Waals surface area contributed by atoms with Crippen LogP contribution in [0.1, 0.15) is 38.3 Å². The molecule has 33 heavy (non-hydrogen) atoms. The second kappa shape index (κ2) is 9.79. The van der Waals surface area contributed by atoms with E-state index >= 15 is 0 Å². The summed E-state index contributed by atoms with van der Waals surface area (Å²) in [7, 11) is 0. The third kappa shape index (κ3) is 5.45. The lowest BCUT2D eigenvalue weighted by Crippen LogP contribution is -2.32. The van der Waals surface area contributed by atoms with Crippen LogP contribution in [-0.4, -0.2) is 50.4 Å². The van der Waals surface area contributed by atoms with E-state index in [1.807, 2.05) is 18.2 Å². The largest absolute Gasteiger partial charge is 0.329 e. The van der Waals surface area contributed by atoms with Crippen LogP contribution in [0.3, 0.4) is 0 Å². The predicted octanol–water partition coefficient (Wildman–Crippen LogP) is 4.32. The summed E-state index contributed by atoms with van der Waals surface area (Å²) in [5.41, 5.74) is 3.56. The molecule has 7 nitrogen and oxygen atoms in total. The molecule has 0 radical (unpaired) electrons. The third-order valence-corrected chi connectivity index (χ3v) is 6.66. The van der Waals surface area contributed by atoms with Crippen LogP contribution in [0.5, 0.6) is 0 Å². The first-order valence-electron chi connectivity index (χ1n) is 11.1. The van der Waals surface area contributed by atoms with Gasteiger partial charge in [0, 0.05) is 17.9 Å². The van der Waals surface area contributed by atoms with Crippen molar-refractivity contribution in [2.24, 2.45) is 0 Å². The summed E-state index contributed by atoms with van der Waals surface area (Å²) in [6, 6.07) is 18.5. The third-order valence-electron chi connectivity index (χ3n) is 5.60. The number of carbonyl (C=O) groups excluding carboxylic acids is 2. The van der Waals surface area contributed by atoms with Crippen molar-refractivity contribution in [1.29, 1.82) is 0 Å². The number of nitrogens with one attached hydrogen (secondary N) is 1. The zero-order chi connectivity index (χ0) is 23.4. The van der Waals surface area contributed by atoms with Crippen LogP contribution in [-0.2, 0) is 16.8 Å². The highest BCUT2D eigenvalue weighted by atomic mass is 32.2. The number of carbonyl (C=O) groups is 2. The minimum absolute atomic E-state index is 0.0882. The van der Waals surface area contributed by atoms with Crippen molar-refractivity contribution in [3.8, 4) is 11.4 Å². The van der Waals surface area contributed by atoms with Crippen LogP contribution in [0, 0.1) is 0 Å². The average Bonchev–Trinajstić information content (AvgIpc) is 3.34. The van der Waals surface area contributed by atoms with Crippen LogP contribution in [0.15, 0.2) is 59.8 Å². The fraction of sp³-hybridized carbons (Fsp3) is 0.360. The van der Waals surface area contributed by atoms with Gasteiger partial charge in [0.1, 0.15) is 0 Å². The van der Waals surface area contributed by atoms with Crippen LogP contribution in [0.4, 0.5) is 4.79 Å². The molecule has 2 heterocycles. The number of rotatable bonds is 8. The Morgan fingerprint density at radius 3 is 2.36 bits per heavy atom. The highest BCUT2D eigenvalue weighted by Crippen LogP contribution is 2.28. The molecule has 1 aromatic heterocycles. The summed E-state index contributed by atoms with van der Waals surface area (Å²) in [5, 5.41) is 12.4. The van der Waals surface area contributed by atoms with Crippen molar-refractivity contribution in [2.45, 2.75) is 44.3 Å². The number of imide groups is 1. The fourth-order valence-corrected chi connectivity index (χ4v) is 4.57. The molecule has 1 N–H and O–H groups in total. The summed E-state index contributed by atoms with van der Waals surface area (Å²) in [6.45, 7) is 7.77. The molecule has 0 spiro atoms. The van der Waals surface area contributed by atoms with Gasteiger partial charge in [-0.05, 0) is 23.0 Å². The fourth-order valence-electron chi connectivity index (χ4n) is 3.70. The lowest BCUT2D eigenvalue weighted by molar-refractivity contribution is -0.124. The molecule has 1 fully saturated rings. The zero-order valence-corrected chi connectivity index (χ0v) is 20.1. The van der Waals surface area contributed by atoms with Gasteiger partial charge in [0.15, 0.2) is 11.0 Å². The van der Waals surface area contributed by atoms with Crippen LogP contribution < -0.4 is 5.32 Å². The number of hydrogen-bond donors (Lipinski definition) is 1. The molecule has 0 bridgehead atoms. The van der Waals surface area contributed by atoms with E-state index in [-0.39, 0.29) is 23.9 Å². The number of aromatic nitrogens is 3. The number of hydrogen-bond acceptors (Lipinski definition) is 5. The smallest absolute Gasteiger partial charge is 0.324 e. The molecule has 4 rings (SSSR count). The predicted molar refractivity (Wildman–Crippen MR) is 130 cm³/mol. The molecule has 0 aliphatic carbocycles. The Balaban J connectivity index is 1.52. The van der Waals surface area contributed by atoms with Gasteiger partial charge in [-0.25, -0.2) is 4.79 Å². The molecule has 0 saturated carbocycles. The van der Waals surface area contributed by atoms with Gasteiger partial charge in [-0.3, -0.25) is 14.3 Å². The van der Waals surface area contributed by atoms with Gasteiger partial charge in [-0.15, -0.1) is 10.2 Å². The molecular weight excluding hydrogens is 434 g/mol. The Morgan fingerprint density at radius 2 is 1.73 bits per heavy atom. The summed E-state index contributed by atoms with van der Waals surface area (Å²) in [5.74, 6) is 1.39. The number of urea groups is 1. The number of thioether (sulfide) groups is 1. The number of benzene rings is 2. The molecule has 1 saturated heterocycles. The lowest BCUT2D eigenvalue weighted by Gasteiger charge is -2.19.